The van der Waals surface area contributed by atoms with E-state index in [0.29, 0.717) is 0 Å². The standard InChI is InChI=1S/C9H15NO4S/c1-9(2)5(4-6(11)12)10-7(15-9)8(13)14-3/h5,7,10H,4H2,1-3H3,(H,11,12)/t5-,7-/m1/s1. The number of carbonyl (C=O) groups excluding carboxylic acids is 1. The molecule has 5 nitrogen and oxygen atoms in total. The summed E-state index contributed by atoms with van der Waals surface area (Å²) in [5, 5.41) is 11.2. The van der Waals surface area contributed by atoms with Crippen molar-refractivity contribution in [2.45, 2.75) is 36.4 Å². The van der Waals surface area contributed by atoms with E-state index in [0.717, 1.165) is 0 Å². The number of carboxylic acid groups (broad SMARTS) is 1. The third-order valence-electron chi connectivity index (χ3n) is 2.41. The number of thioether (sulfide) groups is 1. The van der Waals surface area contributed by atoms with E-state index in [1.165, 1.54) is 18.9 Å². The molecule has 2 atom stereocenters. The first kappa shape index (κ1) is 12.3. The molecule has 86 valence electrons. The van der Waals surface area contributed by atoms with Gasteiger partial charge in [0.15, 0.2) is 5.37 Å². The van der Waals surface area contributed by atoms with Crippen LogP contribution in [-0.4, -0.2) is 40.3 Å². The summed E-state index contributed by atoms with van der Waals surface area (Å²) in [6.45, 7) is 3.84. The van der Waals surface area contributed by atoms with Gasteiger partial charge in [0, 0.05) is 10.8 Å². The number of esters is 1. The topological polar surface area (TPSA) is 75.6 Å². The van der Waals surface area contributed by atoms with Crippen LogP contribution >= 0.6 is 11.8 Å². The number of nitrogens with one attached hydrogen (secondary N) is 1. The van der Waals surface area contributed by atoms with Gasteiger partial charge in [-0.2, -0.15) is 0 Å². The lowest BCUT2D eigenvalue weighted by atomic mass is 10.0. The van der Waals surface area contributed by atoms with E-state index < -0.39 is 11.3 Å². The molecule has 0 aromatic heterocycles. The van der Waals surface area contributed by atoms with Gasteiger partial charge < -0.3 is 9.84 Å². The van der Waals surface area contributed by atoms with Crippen LogP contribution in [0.3, 0.4) is 0 Å². The lowest BCUT2D eigenvalue weighted by Crippen LogP contribution is -2.41. The molecule has 0 aromatic rings. The first-order valence-electron chi connectivity index (χ1n) is 4.60. The van der Waals surface area contributed by atoms with Gasteiger partial charge in [0.2, 0.25) is 0 Å². The molecular formula is C9H15NO4S. The highest BCUT2D eigenvalue weighted by molar-refractivity contribution is 8.02. The van der Waals surface area contributed by atoms with Gasteiger partial charge in [0.1, 0.15) is 0 Å². The van der Waals surface area contributed by atoms with Crippen molar-refractivity contribution in [1.82, 2.24) is 5.32 Å². The quantitative estimate of drug-likeness (QED) is 0.689. The average molecular weight is 233 g/mol. The number of carbonyl (C=O) groups is 2. The molecule has 0 aliphatic carbocycles. The summed E-state index contributed by atoms with van der Waals surface area (Å²) in [5.41, 5.74) is 0. The molecule has 1 rings (SSSR count). The maximum atomic E-state index is 11.3. The summed E-state index contributed by atoms with van der Waals surface area (Å²) >= 11 is 1.40. The highest BCUT2D eigenvalue weighted by Crippen LogP contribution is 2.39. The summed E-state index contributed by atoms with van der Waals surface area (Å²) in [7, 11) is 1.32. The van der Waals surface area contributed by atoms with E-state index in [4.69, 9.17) is 5.11 Å². The Hall–Kier alpha value is -0.750. The molecule has 1 heterocycles. The van der Waals surface area contributed by atoms with Crippen LogP contribution in [-0.2, 0) is 14.3 Å². The summed E-state index contributed by atoms with van der Waals surface area (Å²) in [6, 6.07) is -0.218. The molecule has 2 N–H and O–H groups in total. The Morgan fingerprint density at radius 1 is 1.53 bits per heavy atom. The monoisotopic (exact) mass is 233 g/mol. The number of ether oxygens (including phenoxy) is 1. The van der Waals surface area contributed by atoms with Gasteiger partial charge in [-0.1, -0.05) is 0 Å². The summed E-state index contributed by atoms with van der Waals surface area (Å²) in [4.78, 5) is 21.9. The van der Waals surface area contributed by atoms with Crippen molar-refractivity contribution < 1.29 is 19.4 Å². The average Bonchev–Trinajstić information content (AvgIpc) is 2.40. The molecule has 1 aliphatic rings. The smallest absolute Gasteiger partial charge is 0.333 e. The fourth-order valence-corrected chi connectivity index (χ4v) is 2.85. The molecule has 0 saturated carbocycles. The molecule has 0 spiro atoms. The lowest BCUT2D eigenvalue weighted by Gasteiger charge is -2.23. The minimum atomic E-state index is -0.869. The molecule has 15 heavy (non-hydrogen) atoms. The van der Waals surface area contributed by atoms with E-state index in [1.54, 1.807) is 0 Å². The predicted octanol–water partition coefficient (Wildman–Crippen LogP) is 0.444. The van der Waals surface area contributed by atoms with Crippen molar-refractivity contribution in [2.24, 2.45) is 0 Å². The highest BCUT2D eigenvalue weighted by Gasteiger charge is 2.44. The maximum absolute atomic E-state index is 11.3. The van der Waals surface area contributed by atoms with Gasteiger partial charge in [0.05, 0.1) is 13.5 Å². The SMILES string of the molecule is COC(=O)[C@@H]1N[C@H](CC(=O)O)C(C)(C)S1. The Bertz CT molecular complexity index is 279. The van der Waals surface area contributed by atoms with Crippen LogP contribution in [0.15, 0.2) is 0 Å². The normalized spacial score (nSPS) is 28.7. The second-order valence-corrected chi connectivity index (χ2v) is 5.70. The molecule has 0 bridgehead atoms. The number of methoxy groups -OCH3 is 1. The van der Waals surface area contributed by atoms with E-state index in [1.807, 2.05) is 13.8 Å². The van der Waals surface area contributed by atoms with Crippen LogP contribution in [0.2, 0.25) is 0 Å². The van der Waals surface area contributed by atoms with E-state index in [-0.39, 0.29) is 23.2 Å². The van der Waals surface area contributed by atoms with Gasteiger partial charge in [-0.25, -0.2) is 4.79 Å². The van der Waals surface area contributed by atoms with Crippen LogP contribution in [0, 0.1) is 0 Å². The Morgan fingerprint density at radius 2 is 2.13 bits per heavy atom. The minimum absolute atomic E-state index is 0.00743. The zero-order valence-corrected chi connectivity index (χ0v) is 9.76. The summed E-state index contributed by atoms with van der Waals surface area (Å²) < 4.78 is 4.33. The summed E-state index contributed by atoms with van der Waals surface area (Å²) in [5.74, 6) is -1.23. The zero-order chi connectivity index (χ0) is 11.6. The van der Waals surface area contributed by atoms with Gasteiger partial charge in [0.25, 0.3) is 0 Å². The first-order valence-corrected chi connectivity index (χ1v) is 5.48. The molecule has 1 aliphatic heterocycles. The van der Waals surface area contributed by atoms with Crippen molar-refractivity contribution >= 4 is 23.7 Å². The van der Waals surface area contributed by atoms with Gasteiger partial charge in [-0.3, -0.25) is 10.1 Å². The summed E-state index contributed by atoms with van der Waals surface area (Å²) in [6.07, 6.45) is 0.00743. The molecule has 6 heteroatoms. The lowest BCUT2D eigenvalue weighted by molar-refractivity contribution is -0.141. The van der Waals surface area contributed by atoms with Crippen molar-refractivity contribution in [2.75, 3.05) is 7.11 Å². The van der Waals surface area contributed by atoms with Crippen LogP contribution in [0.5, 0.6) is 0 Å². The van der Waals surface area contributed by atoms with Crippen molar-refractivity contribution in [3.63, 3.8) is 0 Å². The van der Waals surface area contributed by atoms with Gasteiger partial charge in [-0.05, 0) is 13.8 Å². The van der Waals surface area contributed by atoms with Gasteiger partial charge in [-0.15, -0.1) is 11.8 Å². The van der Waals surface area contributed by atoms with Crippen LogP contribution < -0.4 is 5.32 Å². The molecule has 0 aromatic carbocycles. The molecule has 0 unspecified atom stereocenters. The molecule has 0 amide bonds. The van der Waals surface area contributed by atoms with E-state index in [9.17, 15) is 9.59 Å². The Morgan fingerprint density at radius 3 is 2.60 bits per heavy atom. The highest BCUT2D eigenvalue weighted by atomic mass is 32.2. The number of aliphatic carboxylic acids is 1. The van der Waals surface area contributed by atoms with E-state index >= 15 is 0 Å². The number of hydrogen-bond donors (Lipinski definition) is 2. The fourth-order valence-electron chi connectivity index (χ4n) is 1.51. The zero-order valence-electron chi connectivity index (χ0n) is 8.94. The van der Waals surface area contributed by atoms with Crippen LogP contribution in [0.25, 0.3) is 0 Å². The first-order chi connectivity index (χ1) is 6.86. The van der Waals surface area contributed by atoms with Crippen molar-refractivity contribution in [3.05, 3.63) is 0 Å². The van der Waals surface area contributed by atoms with E-state index in [2.05, 4.69) is 10.1 Å². The third-order valence-corrected chi connectivity index (χ3v) is 3.86. The molecule has 0 radical (unpaired) electrons. The number of carboxylic acids is 1. The molecular weight excluding hydrogens is 218 g/mol. The Balaban J connectivity index is 2.67. The molecule has 1 fully saturated rings. The minimum Gasteiger partial charge on any atom is -0.481 e. The largest absolute Gasteiger partial charge is 0.481 e. The fraction of sp³-hybridized carbons (Fsp3) is 0.778. The van der Waals surface area contributed by atoms with Crippen molar-refractivity contribution in [3.8, 4) is 0 Å². The number of rotatable bonds is 3. The van der Waals surface area contributed by atoms with Crippen LogP contribution in [0.4, 0.5) is 0 Å². The third kappa shape index (κ3) is 2.85. The second-order valence-electron chi connectivity index (χ2n) is 3.94. The maximum Gasteiger partial charge on any atom is 0.333 e. The van der Waals surface area contributed by atoms with Crippen molar-refractivity contribution in [1.29, 1.82) is 0 Å². The van der Waals surface area contributed by atoms with Gasteiger partial charge >= 0.3 is 11.9 Å². The van der Waals surface area contributed by atoms with Crippen LogP contribution in [0.1, 0.15) is 20.3 Å². The number of hydrogen-bond acceptors (Lipinski definition) is 5. The Labute approximate surface area is 92.6 Å². The molecule has 1 saturated heterocycles. The second kappa shape index (κ2) is 4.40. The Kier molecular flexibility index (Phi) is 3.62. The predicted molar refractivity (Wildman–Crippen MR) is 56.7 cm³/mol.